The quantitative estimate of drug-likeness (QED) is 0.169. The van der Waals surface area contributed by atoms with E-state index in [1.165, 1.54) is 30.3 Å². The van der Waals surface area contributed by atoms with E-state index >= 15 is 0 Å². The highest BCUT2D eigenvalue weighted by atomic mass is 19.4. The van der Waals surface area contributed by atoms with Crippen LogP contribution in [0.5, 0.6) is 5.88 Å². The van der Waals surface area contributed by atoms with Crippen molar-refractivity contribution in [1.29, 1.82) is 0 Å². The third-order valence-electron chi connectivity index (χ3n) is 8.58. The number of hydrogen-bond donors (Lipinski definition) is 0. The molecule has 2 aliphatic carbocycles. The maximum atomic E-state index is 14.2. The molecule has 0 spiro atoms. The van der Waals surface area contributed by atoms with E-state index in [1.54, 1.807) is 41.1 Å². The number of alkyl halides is 3. The standard InChI is InChI=1S/C34H26F4N8O2/c1-48-32-27(28(19-6-7-19)41-17-42-32)29-40-13-22-11-25(21-10-23(35)14-39-12-21)33(47)46(31(22)44-29)15-18-2-4-20(5-3-18)30-43-26(34(36,37)38)16-45(30)24-8-9-24/h2-5,10-14,16-17,19,24H,6-9,15H2,1H3. The number of ether oxygens (including phenoxy) is 1. The van der Waals surface area contributed by atoms with E-state index in [0.29, 0.717) is 33.6 Å². The normalized spacial score (nSPS) is 14.9. The van der Waals surface area contributed by atoms with E-state index in [9.17, 15) is 22.4 Å². The lowest BCUT2D eigenvalue weighted by atomic mass is 10.1. The van der Waals surface area contributed by atoms with Crippen LogP contribution in [0.3, 0.4) is 0 Å². The van der Waals surface area contributed by atoms with Crippen molar-refractivity contribution in [3.63, 3.8) is 0 Å². The van der Waals surface area contributed by atoms with Crippen LogP contribution in [0.1, 0.15) is 54.6 Å². The van der Waals surface area contributed by atoms with E-state index < -0.39 is 23.2 Å². The second kappa shape index (κ2) is 11.3. The molecular weight excluding hydrogens is 628 g/mol. The van der Waals surface area contributed by atoms with Gasteiger partial charge in [-0.1, -0.05) is 24.3 Å². The largest absolute Gasteiger partial charge is 0.480 e. The third kappa shape index (κ3) is 5.46. The van der Waals surface area contributed by atoms with Gasteiger partial charge in [-0.05, 0) is 43.4 Å². The average Bonchev–Trinajstić information content (AvgIpc) is 4.03. The predicted octanol–water partition coefficient (Wildman–Crippen LogP) is 6.60. The van der Waals surface area contributed by atoms with Gasteiger partial charge in [0.2, 0.25) is 5.88 Å². The minimum atomic E-state index is -4.56. The van der Waals surface area contributed by atoms with Gasteiger partial charge in [-0.3, -0.25) is 14.3 Å². The minimum Gasteiger partial charge on any atom is -0.480 e. The molecule has 242 valence electrons. The van der Waals surface area contributed by atoms with Crippen LogP contribution in [-0.2, 0) is 12.7 Å². The van der Waals surface area contributed by atoms with Crippen LogP contribution in [-0.4, -0.2) is 46.1 Å². The minimum absolute atomic E-state index is 0.0174. The van der Waals surface area contributed by atoms with Gasteiger partial charge in [-0.25, -0.2) is 29.3 Å². The molecule has 1 aromatic carbocycles. The Morgan fingerprint density at radius 3 is 2.42 bits per heavy atom. The summed E-state index contributed by atoms with van der Waals surface area (Å²) in [7, 11) is 1.50. The molecule has 5 aromatic heterocycles. The van der Waals surface area contributed by atoms with Crippen molar-refractivity contribution in [1.82, 2.24) is 39.0 Å². The Morgan fingerprint density at radius 1 is 0.938 bits per heavy atom. The molecule has 0 radical (unpaired) electrons. The Hall–Kier alpha value is -5.53. The molecule has 0 saturated heterocycles. The van der Waals surface area contributed by atoms with Gasteiger partial charge in [0.1, 0.15) is 29.2 Å². The number of pyridine rings is 2. The van der Waals surface area contributed by atoms with Gasteiger partial charge in [0, 0.05) is 52.6 Å². The number of benzene rings is 1. The topological polar surface area (TPSA) is 114 Å². The Balaban J connectivity index is 1.24. The monoisotopic (exact) mass is 654 g/mol. The number of imidazole rings is 1. The summed E-state index contributed by atoms with van der Waals surface area (Å²) in [6.07, 6.45) is 5.51. The van der Waals surface area contributed by atoms with E-state index in [4.69, 9.17) is 9.72 Å². The average molecular weight is 655 g/mol. The van der Waals surface area contributed by atoms with E-state index in [2.05, 4.69) is 24.9 Å². The highest BCUT2D eigenvalue weighted by Gasteiger charge is 2.37. The first-order chi connectivity index (χ1) is 23.2. The van der Waals surface area contributed by atoms with Gasteiger partial charge in [0.15, 0.2) is 11.5 Å². The molecule has 48 heavy (non-hydrogen) atoms. The van der Waals surface area contributed by atoms with E-state index in [1.807, 2.05) is 0 Å². The molecule has 0 N–H and O–H groups in total. The first-order valence-electron chi connectivity index (χ1n) is 15.3. The zero-order valence-electron chi connectivity index (χ0n) is 25.4. The highest BCUT2D eigenvalue weighted by molar-refractivity contribution is 5.83. The summed E-state index contributed by atoms with van der Waals surface area (Å²) >= 11 is 0. The maximum Gasteiger partial charge on any atom is 0.434 e. The van der Waals surface area contributed by atoms with Crippen molar-refractivity contribution in [2.75, 3.05) is 7.11 Å². The van der Waals surface area contributed by atoms with E-state index in [0.717, 1.165) is 43.8 Å². The van der Waals surface area contributed by atoms with Crippen molar-refractivity contribution >= 4 is 11.0 Å². The molecule has 6 aromatic rings. The van der Waals surface area contributed by atoms with Crippen LogP contribution < -0.4 is 10.3 Å². The number of hydrogen-bond acceptors (Lipinski definition) is 8. The summed E-state index contributed by atoms with van der Waals surface area (Å²) in [5.74, 6) is 0.474. The van der Waals surface area contributed by atoms with Gasteiger partial charge in [0.05, 0.1) is 25.5 Å². The van der Waals surface area contributed by atoms with Crippen LogP contribution in [0, 0.1) is 5.82 Å². The molecule has 8 rings (SSSR count). The highest BCUT2D eigenvalue weighted by Crippen LogP contribution is 2.45. The van der Waals surface area contributed by atoms with Crippen molar-refractivity contribution in [2.45, 2.75) is 50.4 Å². The second-order valence-corrected chi connectivity index (χ2v) is 12.0. The summed E-state index contributed by atoms with van der Waals surface area (Å²) in [5.41, 5.74) is 1.95. The number of halogens is 4. The molecular formula is C34H26F4N8O2. The molecule has 2 aliphatic rings. The molecule has 0 unspecified atom stereocenters. The molecule has 0 atom stereocenters. The second-order valence-electron chi connectivity index (χ2n) is 12.0. The first-order valence-corrected chi connectivity index (χ1v) is 15.3. The van der Waals surface area contributed by atoms with E-state index in [-0.39, 0.29) is 41.3 Å². The maximum absolute atomic E-state index is 14.2. The molecule has 0 bridgehead atoms. The molecule has 2 saturated carbocycles. The smallest absolute Gasteiger partial charge is 0.434 e. The number of fused-ring (bicyclic) bond motifs is 1. The fourth-order valence-corrected chi connectivity index (χ4v) is 5.92. The van der Waals surface area contributed by atoms with Gasteiger partial charge < -0.3 is 9.30 Å². The predicted molar refractivity (Wildman–Crippen MR) is 167 cm³/mol. The summed E-state index contributed by atoms with van der Waals surface area (Å²) in [5, 5.41) is 0.518. The Kier molecular flexibility index (Phi) is 7.04. The first kappa shape index (κ1) is 29.8. The molecule has 10 nitrogen and oxygen atoms in total. The van der Waals surface area contributed by atoms with Crippen LogP contribution in [0.2, 0.25) is 0 Å². The van der Waals surface area contributed by atoms with Gasteiger partial charge in [-0.2, -0.15) is 13.2 Å². The SMILES string of the molecule is COc1ncnc(C2CC2)c1-c1ncc2cc(-c3cncc(F)c3)c(=O)n(Cc3ccc(-c4nc(C(F)(F)F)cn4C4CC4)cc3)c2n1. The molecule has 2 fully saturated rings. The number of methoxy groups -OCH3 is 1. The Bertz CT molecular complexity index is 2260. The van der Waals surface area contributed by atoms with Gasteiger partial charge >= 0.3 is 6.18 Å². The Morgan fingerprint density at radius 2 is 1.73 bits per heavy atom. The van der Waals surface area contributed by atoms with Crippen molar-refractivity contribution in [3.8, 4) is 39.8 Å². The van der Waals surface area contributed by atoms with Crippen LogP contribution in [0.4, 0.5) is 17.6 Å². The Labute approximate surface area is 270 Å². The van der Waals surface area contributed by atoms with Crippen molar-refractivity contribution < 1.29 is 22.3 Å². The van der Waals surface area contributed by atoms with Crippen LogP contribution in [0.25, 0.3) is 44.9 Å². The summed E-state index contributed by atoms with van der Waals surface area (Å²) in [6, 6.07) is 9.69. The van der Waals surface area contributed by atoms with Crippen molar-refractivity contribution in [2.24, 2.45) is 0 Å². The molecule has 0 amide bonds. The van der Waals surface area contributed by atoms with Gasteiger partial charge in [-0.15, -0.1) is 0 Å². The van der Waals surface area contributed by atoms with Gasteiger partial charge in [0.25, 0.3) is 5.56 Å². The fraction of sp³-hybridized carbons (Fsp3) is 0.265. The lowest BCUT2D eigenvalue weighted by Gasteiger charge is -2.15. The van der Waals surface area contributed by atoms with Crippen molar-refractivity contribution in [3.05, 3.63) is 101 Å². The summed E-state index contributed by atoms with van der Waals surface area (Å²) in [6.45, 7) is 0.0470. The lowest BCUT2D eigenvalue weighted by Crippen LogP contribution is -2.24. The fourth-order valence-electron chi connectivity index (χ4n) is 5.92. The lowest BCUT2D eigenvalue weighted by molar-refractivity contribution is -0.140. The zero-order valence-corrected chi connectivity index (χ0v) is 25.4. The number of nitrogens with zero attached hydrogens (tertiary/aromatic N) is 8. The van der Waals surface area contributed by atoms with Crippen LogP contribution >= 0.6 is 0 Å². The molecule has 14 heteroatoms. The summed E-state index contributed by atoms with van der Waals surface area (Å²) in [4.78, 5) is 40.2. The van der Waals surface area contributed by atoms with Crippen LogP contribution in [0.15, 0.2) is 72.3 Å². The number of aromatic nitrogens is 8. The summed E-state index contributed by atoms with van der Waals surface area (Å²) < 4.78 is 63.4. The molecule has 5 heterocycles. The third-order valence-corrected chi connectivity index (χ3v) is 8.58. The molecule has 0 aliphatic heterocycles. The zero-order chi connectivity index (χ0) is 33.2. The number of rotatable bonds is 8.